The van der Waals surface area contributed by atoms with Gasteiger partial charge in [-0.1, -0.05) is 12.1 Å². The molecule has 0 atom stereocenters. The number of urea groups is 1. The topological polar surface area (TPSA) is 58.4 Å². The first-order valence-corrected chi connectivity index (χ1v) is 5.37. The van der Waals surface area contributed by atoms with Crippen LogP contribution >= 0.6 is 0 Å². The van der Waals surface area contributed by atoms with Crippen molar-refractivity contribution in [2.75, 3.05) is 12.4 Å². The lowest BCUT2D eigenvalue weighted by atomic mass is 10.2. The maximum Gasteiger partial charge on any atom is 0.321 e. The Morgan fingerprint density at radius 3 is 2.38 bits per heavy atom. The minimum absolute atomic E-state index is 0.101. The zero-order chi connectivity index (χ0) is 12.1. The largest absolute Gasteiger partial charge is 0.326 e. The second-order valence-corrected chi connectivity index (χ2v) is 4.04. The molecule has 0 radical (unpaired) electrons. The first-order chi connectivity index (χ1) is 7.54. The molecule has 1 aromatic carbocycles. The van der Waals surface area contributed by atoms with Crippen LogP contribution in [0.2, 0.25) is 0 Å². The Labute approximate surface area is 96.4 Å². The highest BCUT2D eigenvalue weighted by Gasteiger charge is 2.11. The molecule has 1 rings (SSSR count). The van der Waals surface area contributed by atoms with Crippen molar-refractivity contribution in [3.63, 3.8) is 0 Å². The van der Waals surface area contributed by atoms with Crippen LogP contribution in [0.5, 0.6) is 0 Å². The summed E-state index contributed by atoms with van der Waals surface area (Å²) >= 11 is 0. The smallest absolute Gasteiger partial charge is 0.321 e. The van der Waals surface area contributed by atoms with Gasteiger partial charge in [0.25, 0.3) is 0 Å². The Morgan fingerprint density at radius 2 is 1.94 bits per heavy atom. The van der Waals surface area contributed by atoms with E-state index < -0.39 is 0 Å². The Bertz CT molecular complexity index is 346. The number of nitrogens with one attached hydrogen (secondary N) is 1. The molecule has 3 N–H and O–H groups in total. The van der Waals surface area contributed by atoms with Crippen molar-refractivity contribution >= 4 is 11.7 Å². The van der Waals surface area contributed by atoms with E-state index in [4.69, 9.17) is 5.73 Å². The Morgan fingerprint density at radius 1 is 1.38 bits per heavy atom. The van der Waals surface area contributed by atoms with Crippen molar-refractivity contribution in [2.24, 2.45) is 5.73 Å². The van der Waals surface area contributed by atoms with Crippen molar-refractivity contribution in [1.82, 2.24) is 4.90 Å². The molecule has 4 heteroatoms. The molecule has 0 heterocycles. The fraction of sp³-hybridized carbons (Fsp3) is 0.417. The minimum atomic E-state index is -0.101. The van der Waals surface area contributed by atoms with E-state index >= 15 is 0 Å². The number of carbonyl (C=O) groups excluding carboxylic acids is 1. The summed E-state index contributed by atoms with van der Waals surface area (Å²) < 4.78 is 0. The van der Waals surface area contributed by atoms with Crippen molar-refractivity contribution in [1.29, 1.82) is 0 Å². The fourth-order valence-electron chi connectivity index (χ4n) is 1.17. The van der Waals surface area contributed by atoms with Crippen LogP contribution in [0.25, 0.3) is 0 Å². The van der Waals surface area contributed by atoms with E-state index in [-0.39, 0.29) is 12.1 Å². The summed E-state index contributed by atoms with van der Waals surface area (Å²) in [6.07, 6.45) is 0. The number of anilines is 1. The first-order valence-electron chi connectivity index (χ1n) is 5.37. The molecule has 0 saturated carbocycles. The first kappa shape index (κ1) is 12.5. The fourth-order valence-corrected chi connectivity index (χ4v) is 1.17. The minimum Gasteiger partial charge on any atom is -0.326 e. The zero-order valence-corrected chi connectivity index (χ0v) is 10.0. The lowest BCUT2D eigenvalue weighted by Crippen LogP contribution is -2.36. The Balaban J connectivity index is 2.62. The summed E-state index contributed by atoms with van der Waals surface area (Å²) in [6, 6.07) is 7.61. The standard InChI is InChI=1S/C12H19N3O/c1-9(2)15(3)12(16)14-11-6-4-10(8-13)5-7-11/h4-7,9H,8,13H2,1-3H3,(H,14,16). The van der Waals surface area contributed by atoms with Gasteiger partial charge in [-0.3, -0.25) is 0 Å². The van der Waals surface area contributed by atoms with Crippen molar-refractivity contribution in [3.05, 3.63) is 29.8 Å². The molecular formula is C12H19N3O. The highest BCUT2D eigenvalue weighted by molar-refractivity contribution is 5.89. The maximum atomic E-state index is 11.7. The monoisotopic (exact) mass is 221 g/mol. The molecule has 0 aliphatic heterocycles. The second kappa shape index (κ2) is 5.51. The van der Waals surface area contributed by atoms with Crippen LogP contribution < -0.4 is 11.1 Å². The number of hydrogen-bond acceptors (Lipinski definition) is 2. The number of benzene rings is 1. The van der Waals surface area contributed by atoms with Crippen LogP contribution in [-0.2, 0) is 6.54 Å². The highest BCUT2D eigenvalue weighted by atomic mass is 16.2. The van der Waals surface area contributed by atoms with Crippen LogP contribution in [0.1, 0.15) is 19.4 Å². The van der Waals surface area contributed by atoms with Gasteiger partial charge in [0.15, 0.2) is 0 Å². The van der Waals surface area contributed by atoms with Crippen molar-refractivity contribution < 1.29 is 4.79 Å². The average Bonchev–Trinajstić information content (AvgIpc) is 2.28. The summed E-state index contributed by atoms with van der Waals surface area (Å²) in [7, 11) is 1.77. The molecule has 88 valence electrons. The predicted octanol–water partition coefficient (Wildman–Crippen LogP) is 2.02. The van der Waals surface area contributed by atoms with Crippen LogP contribution in [0.4, 0.5) is 10.5 Å². The molecule has 0 bridgehead atoms. The average molecular weight is 221 g/mol. The molecule has 0 aliphatic rings. The Hall–Kier alpha value is -1.55. The van der Waals surface area contributed by atoms with Crippen LogP contribution in [-0.4, -0.2) is 24.0 Å². The maximum absolute atomic E-state index is 11.7. The van der Waals surface area contributed by atoms with Gasteiger partial charge in [-0.05, 0) is 31.5 Å². The number of nitrogens with two attached hydrogens (primary N) is 1. The van der Waals surface area contributed by atoms with Gasteiger partial charge in [-0.25, -0.2) is 4.79 Å². The summed E-state index contributed by atoms with van der Waals surface area (Å²) in [5.74, 6) is 0. The van der Waals surface area contributed by atoms with E-state index in [0.717, 1.165) is 11.3 Å². The van der Waals surface area contributed by atoms with E-state index in [1.807, 2.05) is 38.1 Å². The van der Waals surface area contributed by atoms with Gasteiger partial charge in [0.1, 0.15) is 0 Å². The second-order valence-electron chi connectivity index (χ2n) is 4.04. The van der Waals surface area contributed by atoms with E-state index in [1.54, 1.807) is 11.9 Å². The molecule has 16 heavy (non-hydrogen) atoms. The third-order valence-corrected chi connectivity index (χ3v) is 2.54. The molecule has 0 aromatic heterocycles. The van der Waals surface area contributed by atoms with Gasteiger partial charge >= 0.3 is 6.03 Å². The molecule has 0 fully saturated rings. The van der Waals surface area contributed by atoms with Gasteiger partial charge in [0.2, 0.25) is 0 Å². The number of carbonyl (C=O) groups is 1. The van der Waals surface area contributed by atoms with Crippen LogP contribution in [0.15, 0.2) is 24.3 Å². The van der Waals surface area contributed by atoms with Crippen molar-refractivity contribution in [2.45, 2.75) is 26.4 Å². The molecule has 1 aromatic rings. The van der Waals surface area contributed by atoms with Gasteiger partial charge in [0, 0.05) is 25.3 Å². The SMILES string of the molecule is CC(C)N(C)C(=O)Nc1ccc(CN)cc1. The van der Waals surface area contributed by atoms with Crippen LogP contribution in [0.3, 0.4) is 0 Å². The highest BCUT2D eigenvalue weighted by Crippen LogP contribution is 2.10. The molecule has 2 amide bonds. The molecule has 0 unspecified atom stereocenters. The van der Waals surface area contributed by atoms with E-state index in [0.29, 0.717) is 6.54 Å². The van der Waals surface area contributed by atoms with Gasteiger partial charge in [-0.15, -0.1) is 0 Å². The summed E-state index contributed by atoms with van der Waals surface area (Å²) in [6.45, 7) is 4.45. The third kappa shape index (κ3) is 3.24. The summed E-state index contributed by atoms with van der Waals surface area (Å²) in [5.41, 5.74) is 7.33. The summed E-state index contributed by atoms with van der Waals surface area (Å²) in [5, 5.41) is 2.82. The lowest BCUT2D eigenvalue weighted by molar-refractivity contribution is 0.211. The Kier molecular flexibility index (Phi) is 4.31. The number of rotatable bonds is 3. The molecule has 0 saturated heterocycles. The quantitative estimate of drug-likeness (QED) is 0.820. The molecule has 0 aliphatic carbocycles. The third-order valence-electron chi connectivity index (χ3n) is 2.54. The predicted molar refractivity (Wildman–Crippen MR) is 66.3 cm³/mol. The van der Waals surface area contributed by atoms with Crippen molar-refractivity contribution in [3.8, 4) is 0 Å². The molecule has 4 nitrogen and oxygen atoms in total. The van der Waals surface area contributed by atoms with Gasteiger partial charge in [0.05, 0.1) is 0 Å². The lowest BCUT2D eigenvalue weighted by Gasteiger charge is -2.21. The van der Waals surface area contributed by atoms with Gasteiger partial charge < -0.3 is 16.0 Å². The number of amides is 2. The molecule has 0 spiro atoms. The van der Waals surface area contributed by atoms with E-state index in [2.05, 4.69) is 5.32 Å². The van der Waals surface area contributed by atoms with Crippen LogP contribution in [0, 0.1) is 0 Å². The normalized spacial score (nSPS) is 10.3. The van der Waals surface area contributed by atoms with E-state index in [9.17, 15) is 4.79 Å². The molecular weight excluding hydrogens is 202 g/mol. The number of hydrogen-bond donors (Lipinski definition) is 2. The summed E-state index contributed by atoms with van der Waals surface area (Å²) in [4.78, 5) is 13.3. The zero-order valence-electron chi connectivity index (χ0n) is 10.0. The number of nitrogens with zero attached hydrogens (tertiary/aromatic N) is 1. The van der Waals surface area contributed by atoms with Gasteiger partial charge in [-0.2, -0.15) is 0 Å². The van der Waals surface area contributed by atoms with E-state index in [1.165, 1.54) is 0 Å².